The van der Waals surface area contributed by atoms with Crippen LogP contribution >= 0.6 is 0 Å². The minimum absolute atomic E-state index is 0.186. The summed E-state index contributed by atoms with van der Waals surface area (Å²) < 4.78 is 11.9. The molecule has 4 heteroatoms. The molecule has 21 heavy (non-hydrogen) atoms. The number of benzene rings is 2. The van der Waals surface area contributed by atoms with Crippen LogP contribution in [0.2, 0.25) is 0 Å². The molecule has 2 N–H and O–H groups in total. The Morgan fingerprint density at radius 3 is 1.33 bits per heavy atom. The fourth-order valence-corrected chi connectivity index (χ4v) is 2.31. The van der Waals surface area contributed by atoms with E-state index in [1.807, 2.05) is 13.8 Å². The van der Waals surface area contributed by atoms with E-state index in [0.717, 1.165) is 11.1 Å². The Labute approximate surface area is 124 Å². The first-order chi connectivity index (χ1) is 10.1. The molecule has 0 aliphatic heterocycles. The fraction of sp³-hybridized carbons (Fsp3) is 0.294. The lowest BCUT2D eigenvalue weighted by molar-refractivity contribution is -0.213. The van der Waals surface area contributed by atoms with Crippen molar-refractivity contribution < 1.29 is 19.7 Å². The van der Waals surface area contributed by atoms with Gasteiger partial charge in [-0.3, -0.25) is 0 Å². The zero-order valence-corrected chi connectivity index (χ0v) is 12.2. The normalized spacial score (nSPS) is 11.5. The van der Waals surface area contributed by atoms with Gasteiger partial charge >= 0.3 is 0 Å². The first kappa shape index (κ1) is 15.4. The average Bonchev–Trinajstić information content (AvgIpc) is 2.48. The SMILES string of the molecule is CCOC(OCC)(c1ccc(O)cc1)c1ccc(O)cc1. The molecule has 2 rings (SSSR count). The molecule has 0 saturated heterocycles. The quantitative estimate of drug-likeness (QED) is 0.800. The molecular formula is C17H20O4. The Morgan fingerprint density at radius 2 is 1.05 bits per heavy atom. The van der Waals surface area contributed by atoms with Crippen molar-refractivity contribution in [3.63, 3.8) is 0 Å². The molecule has 0 spiro atoms. The number of aromatic hydroxyl groups is 2. The molecule has 0 atom stereocenters. The van der Waals surface area contributed by atoms with Crippen LogP contribution in [-0.2, 0) is 15.3 Å². The van der Waals surface area contributed by atoms with Gasteiger partial charge in [0, 0.05) is 24.3 Å². The van der Waals surface area contributed by atoms with E-state index in [9.17, 15) is 10.2 Å². The van der Waals surface area contributed by atoms with E-state index in [1.54, 1.807) is 48.5 Å². The first-order valence-corrected chi connectivity index (χ1v) is 6.99. The van der Waals surface area contributed by atoms with E-state index >= 15 is 0 Å². The highest BCUT2D eigenvalue weighted by atomic mass is 16.7. The van der Waals surface area contributed by atoms with Crippen molar-refractivity contribution in [3.05, 3.63) is 59.7 Å². The highest BCUT2D eigenvalue weighted by Crippen LogP contribution is 2.36. The van der Waals surface area contributed by atoms with Gasteiger partial charge in [-0.15, -0.1) is 0 Å². The molecule has 2 aromatic carbocycles. The summed E-state index contributed by atoms with van der Waals surface area (Å²) >= 11 is 0. The van der Waals surface area contributed by atoms with Crippen LogP contribution in [0.5, 0.6) is 11.5 Å². The Kier molecular flexibility index (Phi) is 4.83. The van der Waals surface area contributed by atoms with Crippen molar-refractivity contribution in [1.82, 2.24) is 0 Å². The van der Waals surface area contributed by atoms with Gasteiger partial charge in [0.05, 0.1) is 0 Å². The maximum atomic E-state index is 9.47. The summed E-state index contributed by atoms with van der Waals surface area (Å²) in [6.07, 6.45) is 0. The monoisotopic (exact) mass is 288 g/mol. The molecule has 0 aliphatic carbocycles. The molecule has 0 aromatic heterocycles. The highest BCUT2D eigenvalue weighted by Gasteiger charge is 2.36. The summed E-state index contributed by atoms with van der Waals surface area (Å²) in [5.41, 5.74) is 1.57. The van der Waals surface area contributed by atoms with Crippen LogP contribution in [-0.4, -0.2) is 23.4 Å². The maximum Gasteiger partial charge on any atom is 0.222 e. The van der Waals surface area contributed by atoms with Gasteiger partial charge in [0.2, 0.25) is 5.79 Å². The Bertz CT molecular complexity index is 507. The molecule has 0 bridgehead atoms. The highest BCUT2D eigenvalue weighted by molar-refractivity contribution is 5.38. The number of phenols is 2. The second kappa shape index (κ2) is 6.61. The van der Waals surface area contributed by atoms with Gasteiger partial charge in [0.1, 0.15) is 11.5 Å². The molecule has 0 heterocycles. The van der Waals surface area contributed by atoms with E-state index in [1.165, 1.54) is 0 Å². The van der Waals surface area contributed by atoms with E-state index in [2.05, 4.69) is 0 Å². The summed E-state index contributed by atoms with van der Waals surface area (Å²) in [7, 11) is 0. The van der Waals surface area contributed by atoms with Crippen molar-refractivity contribution in [2.24, 2.45) is 0 Å². The zero-order chi connectivity index (χ0) is 15.3. The van der Waals surface area contributed by atoms with Gasteiger partial charge in [-0.25, -0.2) is 0 Å². The van der Waals surface area contributed by atoms with Crippen LogP contribution in [0.15, 0.2) is 48.5 Å². The summed E-state index contributed by atoms with van der Waals surface area (Å²) in [6, 6.07) is 13.5. The second-order valence-corrected chi connectivity index (χ2v) is 4.58. The third-order valence-corrected chi connectivity index (χ3v) is 3.19. The average molecular weight is 288 g/mol. The van der Waals surface area contributed by atoms with Gasteiger partial charge < -0.3 is 19.7 Å². The minimum atomic E-state index is -1.05. The van der Waals surface area contributed by atoms with E-state index in [4.69, 9.17) is 9.47 Å². The molecule has 2 aromatic rings. The van der Waals surface area contributed by atoms with Crippen molar-refractivity contribution in [2.45, 2.75) is 19.6 Å². The molecule has 0 radical (unpaired) electrons. The van der Waals surface area contributed by atoms with Crippen LogP contribution in [0.25, 0.3) is 0 Å². The Morgan fingerprint density at radius 1 is 0.714 bits per heavy atom. The third kappa shape index (κ3) is 3.17. The van der Waals surface area contributed by atoms with Gasteiger partial charge in [-0.1, -0.05) is 0 Å². The molecule has 0 saturated carbocycles. The van der Waals surface area contributed by atoms with Crippen molar-refractivity contribution in [2.75, 3.05) is 13.2 Å². The van der Waals surface area contributed by atoms with Crippen LogP contribution in [0, 0.1) is 0 Å². The number of hydrogen-bond acceptors (Lipinski definition) is 4. The van der Waals surface area contributed by atoms with E-state index in [0.29, 0.717) is 13.2 Å². The number of hydrogen-bond donors (Lipinski definition) is 2. The largest absolute Gasteiger partial charge is 0.508 e. The van der Waals surface area contributed by atoms with Crippen molar-refractivity contribution in [1.29, 1.82) is 0 Å². The lowest BCUT2D eigenvalue weighted by Gasteiger charge is -2.34. The smallest absolute Gasteiger partial charge is 0.222 e. The molecule has 0 unspecified atom stereocenters. The van der Waals surface area contributed by atoms with Crippen LogP contribution in [0.3, 0.4) is 0 Å². The standard InChI is InChI=1S/C17H20O4/c1-3-20-17(21-4-2,13-5-9-15(18)10-6-13)14-7-11-16(19)12-8-14/h5-12,18-19H,3-4H2,1-2H3. The molecule has 0 aliphatic rings. The lowest BCUT2D eigenvalue weighted by atomic mass is 9.96. The summed E-state index contributed by atoms with van der Waals surface area (Å²) in [5, 5.41) is 18.9. The fourth-order valence-electron chi connectivity index (χ4n) is 2.31. The predicted molar refractivity (Wildman–Crippen MR) is 80.2 cm³/mol. The summed E-state index contributed by atoms with van der Waals surface area (Å²) in [4.78, 5) is 0. The molecular weight excluding hydrogens is 268 g/mol. The molecule has 0 fully saturated rings. The zero-order valence-electron chi connectivity index (χ0n) is 12.2. The molecule has 112 valence electrons. The Hall–Kier alpha value is -2.04. The van der Waals surface area contributed by atoms with E-state index < -0.39 is 5.79 Å². The van der Waals surface area contributed by atoms with Crippen LogP contribution in [0.4, 0.5) is 0 Å². The number of rotatable bonds is 6. The van der Waals surface area contributed by atoms with Crippen molar-refractivity contribution >= 4 is 0 Å². The van der Waals surface area contributed by atoms with Crippen molar-refractivity contribution in [3.8, 4) is 11.5 Å². The van der Waals surface area contributed by atoms with Gasteiger partial charge in [-0.05, 0) is 62.4 Å². The lowest BCUT2D eigenvalue weighted by Crippen LogP contribution is -2.34. The second-order valence-electron chi connectivity index (χ2n) is 4.58. The van der Waals surface area contributed by atoms with E-state index in [-0.39, 0.29) is 11.5 Å². The number of phenolic OH excluding ortho intramolecular Hbond substituents is 2. The summed E-state index contributed by atoms with van der Waals surface area (Å²) in [6.45, 7) is 4.71. The minimum Gasteiger partial charge on any atom is -0.508 e. The first-order valence-electron chi connectivity index (χ1n) is 6.99. The van der Waals surface area contributed by atoms with Gasteiger partial charge in [0.25, 0.3) is 0 Å². The van der Waals surface area contributed by atoms with Gasteiger partial charge in [0.15, 0.2) is 0 Å². The van der Waals surface area contributed by atoms with Crippen LogP contribution in [0.1, 0.15) is 25.0 Å². The predicted octanol–water partition coefficient (Wildman–Crippen LogP) is 3.37. The molecule has 4 nitrogen and oxygen atoms in total. The third-order valence-electron chi connectivity index (χ3n) is 3.19. The number of ether oxygens (including phenoxy) is 2. The molecule has 0 amide bonds. The van der Waals surface area contributed by atoms with Crippen LogP contribution < -0.4 is 0 Å². The van der Waals surface area contributed by atoms with Gasteiger partial charge in [-0.2, -0.15) is 0 Å². The Balaban J connectivity index is 2.56. The summed E-state index contributed by atoms with van der Waals surface area (Å²) in [5.74, 6) is -0.678. The topological polar surface area (TPSA) is 58.9 Å². The maximum absolute atomic E-state index is 9.47.